The molecule has 2 aromatic carbocycles. The standard InChI is InChI=1S/C15H13FN2O2S/c16-12-7-5-11(6-8-12)9-10-17-15-13-3-1-2-4-14(13)21(19,20)18-15/h1-8H,9-10H2,(H,17,18). The molecule has 0 saturated heterocycles. The predicted molar refractivity (Wildman–Crippen MR) is 78.3 cm³/mol. The molecule has 1 aliphatic rings. The van der Waals surface area contributed by atoms with Gasteiger partial charge in [0.05, 0.1) is 4.90 Å². The number of benzene rings is 2. The van der Waals surface area contributed by atoms with E-state index in [4.69, 9.17) is 0 Å². The number of hydrogen-bond donors (Lipinski definition) is 1. The fourth-order valence-electron chi connectivity index (χ4n) is 2.20. The first-order chi connectivity index (χ1) is 10.1. The summed E-state index contributed by atoms with van der Waals surface area (Å²) >= 11 is 0. The van der Waals surface area contributed by atoms with Gasteiger partial charge in [-0.1, -0.05) is 24.3 Å². The molecule has 108 valence electrons. The topological polar surface area (TPSA) is 58.5 Å². The SMILES string of the molecule is O=S1(=O)NC(=NCCc2ccc(F)cc2)c2ccccc21. The number of nitrogens with zero attached hydrogens (tertiary/aromatic N) is 1. The maximum absolute atomic E-state index is 12.8. The van der Waals surface area contributed by atoms with Crippen LogP contribution in [0.4, 0.5) is 4.39 Å². The van der Waals surface area contributed by atoms with Gasteiger partial charge in [0.2, 0.25) is 0 Å². The van der Waals surface area contributed by atoms with Crippen LogP contribution < -0.4 is 4.72 Å². The van der Waals surface area contributed by atoms with Crippen LogP contribution in [0.1, 0.15) is 11.1 Å². The number of aliphatic imine (C=N–C) groups is 1. The van der Waals surface area contributed by atoms with Gasteiger partial charge in [0.15, 0.2) is 0 Å². The summed E-state index contributed by atoms with van der Waals surface area (Å²) in [6.45, 7) is 0.428. The molecule has 0 fully saturated rings. The Morgan fingerprint density at radius 2 is 1.76 bits per heavy atom. The van der Waals surface area contributed by atoms with Crippen LogP contribution in [0.3, 0.4) is 0 Å². The Kier molecular flexibility index (Phi) is 3.47. The van der Waals surface area contributed by atoms with Gasteiger partial charge in [0.25, 0.3) is 10.0 Å². The zero-order valence-electron chi connectivity index (χ0n) is 11.1. The third-order valence-electron chi connectivity index (χ3n) is 3.25. The smallest absolute Gasteiger partial charge is 0.263 e. The van der Waals surface area contributed by atoms with Gasteiger partial charge in [-0.2, -0.15) is 0 Å². The van der Waals surface area contributed by atoms with E-state index in [2.05, 4.69) is 9.71 Å². The summed E-state index contributed by atoms with van der Waals surface area (Å²) in [6.07, 6.45) is 0.619. The van der Waals surface area contributed by atoms with Crippen molar-refractivity contribution in [2.24, 2.45) is 4.99 Å². The van der Waals surface area contributed by atoms with Crippen LogP contribution in [0.15, 0.2) is 58.4 Å². The molecule has 4 nitrogen and oxygen atoms in total. The van der Waals surface area contributed by atoms with Crippen molar-refractivity contribution < 1.29 is 12.8 Å². The van der Waals surface area contributed by atoms with Crippen LogP contribution in [0.2, 0.25) is 0 Å². The Labute approximate surface area is 122 Å². The van der Waals surface area contributed by atoms with Crippen LogP contribution in [-0.4, -0.2) is 20.8 Å². The molecule has 21 heavy (non-hydrogen) atoms. The summed E-state index contributed by atoms with van der Waals surface area (Å²) in [4.78, 5) is 4.57. The molecule has 0 bridgehead atoms. The molecular formula is C15H13FN2O2S. The van der Waals surface area contributed by atoms with Gasteiger partial charge in [-0.3, -0.25) is 9.71 Å². The fraction of sp³-hybridized carbons (Fsp3) is 0.133. The Morgan fingerprint density at radius 3 is 2.52 bits per heavy atom. The Morgan fingerprint density at radius 1 is 1.05 bits per heavy atom. The monoisotopic (exact) mass is 304 g/mol. The summed E-state index contributed by atoms with van der Waals surface area (Å²) in [5, 5.41) is 0. The lowest BCUT2D eigenvalue weighted by atomic mass is 10.1. The lowest BCUT2D eigenvalue weighted by Crippen LogP contribution is -2.22. The van der Waals surface area contributed by atoms with Crippen LogP contribution in [0, 0.1) is 5.82 Å². The summed E-state index contributed by atoms with van der Waals surface area (Å²) in [6, 6.07) is 12.9. The highest BCUT2D eigenvalue weighted by molar-refractivity contribution is 7.90. The third kappa shape index (κ3) is 2.80. The molecular weight excluding hydrogens is 291 g/mol. The van der Waals surface area contributed by atoms with Crippen molar-refractivity contribution in [3.05, 3.63) is 65.5 Å². The Balaban J connectivity index is 1.78. The van der Waals surface area contributed by atoms with Gasteiger partial charge in [-0.25, -0.2) is 12.8 Å². The summed E-state index contributed by atoms with van der Waals surface area (Å²) in [7, 11) is -3.49. The molecule has 1 aliphatic heterocycles. The second kappa shape index (κ2) is 5.29. The first-order valence-corrected chi connectivity index (χ1v) is 7.96. The van der Waals surface area contributed by atoms with Crippen molar-refractivity contribution in [3.8, 4) is 0 Å². The van der Waals surface area contributed by atoms with E-state index in [1.54, 1.807) is 36.4 Å². The summed E-state index contributed by atoms with van der Waals surface area (Å²) in [5.41, 5.74) is 1.55. The first kappa shape index (κ1) is 13.8. The lowest BCUT2D eigenvalue weighted by molar-refractivity contribution is 0.595. The van der Waals surface area contributed by atoms with E-state index in [1.165, 1.54) is 12.1 Å². The lowest BCUT2D eigenvalue weighted by Gasteiger charge is -2.00. The van der Waals surface area contributed by atoms with E-state index in [1.807, 2.05) is 0 Å². The first-order valence-electron chi connectivity index (χ1n) is 6.47. The highest BCUT2D eigenvalue weighted by atomic mass is 32.2. The van der Waals surface area contributed by atoms with Crippen LogP contribution in [0.25, 0.3) is 0 Å². The highest BCUT2D eigenvalue weighted by Gasteiger charge is 2.29. The summed E-state index contributed by atoms with van der Waals surface area (Å²) < 4.78 is 39.1. The van der Waals surface area contributed by atoms with Gasteiger partial charge >= 0.3 is 0 Å². The van der Waals surface area contributed by atoms with E-state index in [0.717, 1.165) is 5.56 Å². The Bertz CT molecular complexity index is 799. The molecule has 0 aliphatic carbocycles. The average molecular weight is 304 g/mol. The van der Waals surface area contributed by atoms with Crippen LogP contribution in [-0.2, 0) is 16.4 Å². The van der Waals surface area contributed by atoms with Crippen molar-refractivity contribution in [1.29, 1.82) is 0 Å². The molecule has 0 aromatic heterocycles. The molecule has 0 radical (unpaired) electrons. The maximum atomic E-state index is 12.8. The van der Waals surface area contributed by atoms with Gasteiger partial charge in [-0.05, 0) is 36.2 Å². The van der Waals surface area contributed by atoms with Crippen molar-refractivity contribution in [3.63, 3.8) is 0 Å². The molecule has 2 aromatic rings. The number of rotatable bonds is 3. The minimum absolute atomic E-state index is 0.255. The van der Waals surface area contributed by atoms with Crippen LogP contribution >= 0.6 is 0 Å². The van der Waals surface area contributed by atoms with Gasteiger partial charge in [0, 0.05) is 12.1 Å². The molecule has 0 atom stereocenters. The molecule has 0 spiro atoms. The number of halogens is 1. The molecule has 6 heteroatoms. The second-order valence-corrected chi connectivity index (χ2v) is 6.36. The zero-order valence-corrected chi connectivity index (χ0v) is 11.9. The Hall–Kier alpha value is -2.21. The van der Waals surface area contributed by atoms with Crippen molar-refractivity contribution in [1.82, 2.24) is 4.72 Å². The molecule has 3 rings (SSSR count). The van der Waals surface area contributed by atoms with E-state index in [-0.39, 0.29) is 10.7 Å². The minimum atomic E-state index is -3.49. The predicted octanol–water partition coefficient (Wildman–Crippen LogP) is 2.11. The van der Waals surface area contributed by atoms with Gasteiger partial charge < -0.3 is 0 Å². The second-order valence-electron chi connectivity index (χ2n) is 4.71. The normalized spacial score (nSPS) is 17.5. The maximum Gasteiger partial charge on any atom is 0.263 e. The van der Waals surface area contributed by atoms with Crippen molar-refractivity contribution >= 4 is 15.9 Å². The minimum Gasteiger partial charge on any atom is -0.267 e. The van der Waals surface area contributed by atoms with Crippen molar-refractivity contribution in [2.75, 3.05) is 6.54 Å². The molecule has 0 unspecified atom stereocenters. The van der Waals surface area contributed by atoms with Gasteiger partial charge in [0.1, 0.15) is 11.7 Å². The highest BCUT2D eigenvalue weighted by Crippen LogP contribution is 2.22. The average Bonchev–Trinajstić information content (AvgIpc) is 2.73. The number of sulfonamides is 1. The fourth-order valence-corrected chi connectivity index (χ4v) is 3.45. The third-order valence-corrected chi connectivity index (χ3v) is 4.64. The van der Waals surface area contributed by atoms with E-state index in [0.29, 0.717) is 24.4 Å². The number of hydrogen-bond acceptors (Lipinski definition) is 3. The van der Waals surface area contributed by atoms with E-state index in [9.17, 15) is 12.8 Å². The number of amidine groups is 1. The van der Waals surface area contributed by atoms with Crippen molar-refractivity contribution in [2.45, 2.75) is 11.3 Å². The molecule has 1 N–H and O–H groups in total. The largest absolute Gasteiger partial charge is 0.267 e. The zero-order chi connectivity index (χ0) is 14.9. The quantitative estimate of drug-likeness (QED) is 0.944. The summed E-state index contributed by atoms with van der Waals surface area (Å²) in [5.74, 6) is 0.0928. The van der Waals surface area contributed by atoms with Gasteiger partial charge in [-0.15, -0.1) is 0 Å². The van der Waals surface area contributed by atoms with E-state index < -0.39 is 10.0 Å². The molecule has 0 saturated carbocycles. The molecule has 1 heterocycles. The van der Waals surface area contributed by atoms with E-state index >= 15 is 0 Å². The number of nitrogens with one attached hydrogen (secondary N) is 1. The molecule has 0 amide bonds. The number of fused-ring (bicyclic) bond motifs is 1. The van der Waals surface area contributed by atoms with Crippen LogP contribution in [0.5, 0.6) is 0 Å².